The van der Waals surface area contributed by atoms with Crippen molar-refractivity contribution in [2.75, 3.05) is 18.4 Å². The van der Waals surface area contributed by atoms with E-state index in [1.807, 2.05) is 13.0 Å². The van der Waals surface area contributed by atoms with E-state index < -0.39 is 0 Å². The maximum absolute atomic E-state index is 11.9. The fourth-order valence-electron chi connectivity index (χ4n) is 2.03. The van der Waals surface area contributed by atoms with E-state index in [1.165, 1.54) is 0 Å². The van der Waals surface area contributed by atoms with Crippen LogP contribution in [0, 0.1) is 6.92 Å². The lowest BCUT2D eigenvalue weighted by atomic mass is 10.1. The molecule has 17 heavy (non-hydrogen) atoms. The molecular formula is C13H16N2O2. The summed E-state index contributed by atoms with van der Waals surface area (Å²) in [6.45, 7) is 3.47. The zero-order valence-electron chi connectivity index (χ0n) is 9.90. The summed E-state index contributed by atoms with van der Waals surface area (Å²) in [7, 11) is 0. The minimum absolute atomic E-state index is 0.0753. The molecule has 0 bridgehead atoms. The molecule has 1 N–H and O–H groups in total. The zero-order chi connectivity index (χ0) is 12.3. The summed E-state index contributed by atoms with van der Waals surface area (Å²) >= 11 is 0. The van der Waals surface area contributed by atoms with Gasteiger partial charge in [0.15, 0.2) is 0 Å². The van der Waals surface area contributed by atoms with Crippen molar-refractivity contribution in [1.29, 1.82) is 0 Å². The van der Waals surface area contributed by atoms with Crippen LogP contribution in [0.5, 0.6) is 0 Å². The molecule has 2 rings (SSSR count). The molecule has 0 radical (unpaired) electrons. The number of carbonyl (C=O) groups is 2. The summed E-state index contributed by atoms with van der Waals surface area (Å²) in [4.78, 5) is 24.5. The van der Waals surface area contributed by atoms with Crippen molar-refractivity contribution >= 4 is 18.0 Å². The van der Waals surface area contributed by atoms with E-state index in [1.54, 1.807) is 17.0 Å². The van der Waals surface area contributed by atoms with Crippen LogP contribution in [0.1, 0.15) is 28.8 Å². The lowest BCUT2D eigenvalue weighted by molar-refractivity contribution is 0.112. The Labute approximate surface area is 101 Å². The maximum atomic E-state index is 11.9. The van der Waals surface area contributed by atoms with Crippen LogP contribution in [0.25, 0.3) is 0 Å². The Bertz CT molecular complexity index is 437. The first-order valence-electron chi connectivity index (χ1n) is 5.83. The number of hydrogen-bond donors (Lipinski definition) is 1. The van der Waals surface area contributed by atoms with Crippen LogP contribution < -0.4 is 5.32 Å². The van der Waals surface area contributed by atoms with Crippen LogP contribution in [0.4, 0.5) is 10.5 Å². The second-order valence-corrected chi connectivity index (χ2v) is 4.26. The van der Waals surface area contributed by atoms with E-state index in [2.05, 4.69) is 5.32 Å². The van der Waals surface area contributed by atoms with Crippen LogP contribution >= 0.6 is 0 Å². The van der Waals surface area contributed by atoms with Crippen molar-refractivity contribution in [3.63, 3.8) is 0 Å². The lowest BCUT2D eigenvalue weighted by Gasteiger charge is -2.17. The Hall–Kier alpha value is -1.84. The second kappa shape index (κ2) is 4.99. The number of amides is 2. The normalized spacial score (nSPS) is 14.8. The second-order valence-electron chi connectivity index (χ2n) is 4.26. The third-order valence-corrected chi connectivity index (χ3v) is 3.14. The largest absolute Gasteiger partial charge is 0.325 e. The third-order valence-electron chi connectivity index (χ3n) is 3.14. The minimum atomic E-state index is -0.0753. The molecule has 1 aliphatic heterocycles. The van der Waals surface area contributed by atoms with Crippen molar-refractivity contribution < 1.29 is 9.59 Å². The van der Waals surface area contributed by atoms with Crippen LogP contribution in [-0.4, -0.2) is 30.3 Å². The number of rotatable bonds is 2. The molecule has 1 fully saturated rings. The molecule has 0 aromatic heterocycles. The van der Waals surface area contributed by atoms with Gasteiger partial charge in [0.25, 0.3) is 0 Å². The molecule has 0 unspecified atom stereocenters. The number of benzene rings is 1. The van der Waals surface area contributed by atoms with Crippen molar-refractivity contribution in [2.45, 2.75) is 19.8 Å². The first-order chi connectivity index (χ1) is 8.22. The standard InChI is InChI=1S/C13H16N2O2/c1-10-11(9-16)5-4-6-12(10)14-13(17)15-7-2-3-8-15/h4-6,9H,2-3,7-8H2,1H3,(H,14,17). The fourth-order valence-corrected chi connectivity index (χ4v) is 2.03. The van der Waals surface area contributed by atoms with Gasteiger partial charge in [0.1, 0.15) is 6.29 Å². The molecule has 0 aliphatic carbocycles. The summed E-state index contributed by atoms with van der Waals surface area (Å²) < 4.78 is 0. The van der Waals surface area contributed by atoms with E-state index in [0.717, 1.165) is 37.8 Å². The number of likely N-dealkylation sites (tertiary alicyclic amines) is 1. The smallest absolute Gasteiger partial charge is 0.321 e. The van der Waals surface area contributed by atoms with E-state index in [4.69, 9.17) is 0 Å². The summed E-state index contributed by atoms with van der Waals surface area (Å²) in [5.41, 5.74) is 2.14. The fraction of sp³-hybridized carbons (Fsp3) is 0.385. The molecular weight excluding hydrogens is 216 g/mol. The minimum Gasteiger partial charge on any atom is -0.325 e. The van der Waals surface area contributed by atoms with Gasteiger partial charge in [-0.25, -0.2) is 4.79 Å². The van der Waals surface area contributed by atoms with Gasteiger partial charge in [-0.2, -0.15) is 0 Å². The molecule has 1 aromatic rings. The van der Waals surface area contributed by atoms with Crippen LogP contribution in [-0.2, 0) is 0 Å². The predicted molar refractivity (Wildman–Crippen MR) is 66.4 cm³/mol. The van der Waals surface area contributed by atoms with E-state index in [9.17, 15) is 9.59 Å². The topological polar surface area (TPSA) is 49.4 Å². The van der Waals surface area contributed by atoms with Crippen molar-refractivity contribution in [3.05, 3.63) is 29.3 Å². The third kappa shape index (κ3) is 2.46. The highest BCUT2D eigenvalue weighted by molar-refractivity contribution is 5.92. The molecule has 90 valence electrons. The Morgan fingerprint density at radius 1 is 1.35 bits per heavy atom. The van der Waals surface area contributed by atoms with Gasteiger partial charge in [-0.15, -0.1) is 0 Å². The summed E-state index contributed by atoms with van der Waals surface area (Å²) in [5, 5.41) is 2.85. The van der Waals surface area contributed by atoms with Gasteiger partial charge >= 0.3 is 6.03 Å². The number of hydrogen-bond acceptors (Lipinski definition) is 2. The van der Waals surface area contributed by atoms with Gasteiger partial charge in [-0.05, 0) is 31.4 Å². The Balaban J connectivity index is 2.12. The average Bonchev–Trinajstić information content (AvgIpc) is 2.85. The van der Waals surface area contributed by atoms with E-state index in [-0.39, 0.29) is 6.03 Å². The molecule has 1 aromatic carbocycles. The molecule has 0 spiro atoms. The van der Waals surface area contributed by atoms with Gasteiger partial charge in [0.05, 0.1) is 0 Å². The first-order valence-corrected chi connectivity index (χ1v) is 5.83. The van der Waals surface area contributed by atoms with Crippen LogP contribution in [0.15, 0.2) is 18.2 Å². The SMILES string of the molecule is Cc1c(C=O)cccc1NC(=O)N1CCCC1. The van der Waals surface area contributed by atoms with Crippen LogP contribution in [0.3, 0.4) is 0 Å². The zero-order valence-corrected chi connectivity index (χ0v) is 9.90. The molecule has 1 heterocycles. The van der Waals surface area contributed by atoms with E-state index >= 15 is 0 Å². The monoisotopic (exact) mass is 232 g/mol. The average molecular weight is 232 g/mol. The summed E-state index contributed by atoms with van der Waals surface area (Å²) in [6.07, 6.45) is 2.95. The van der Waals surface area contributed by atoms with Gasteiger partial charge < -0.3 is 10.2 Å². The lowest BCUT2D eigenvalue weighted by Crippen LogP contribution is -2.32. The number of urea groups is 1. The quantitative estimate of drug-likeness (QED) is 0.796. The highest BCUT2D eigenvalue weighted by atomic mass is 16.2. The predicted octanol–water partition coefficient (Wildman–Crippen LogP) is 2.44. The highest BCUT2D eigenvalue weighted by Gasteiger charge is 2.18. The van der Waals surface area contributed by atoms with Gasteiger partial charge in [0.2, 0.25) is 0 Å². The Kier molecular flexibility index (Phi) is 3.42. The van der Waals surface area contributed by atoms with Crippen molar-refractivity contribution in [2.24, 2.45) is 0 Å². The number of anilines is 1. The Morgan fingerprint density at radius 3 is 2.71 bits per heavy atom. The summed E-state index contributed by atoms with van der Waals surface area (Å²) in [6, 6.07) is 5.26. The maximum Gasteiger partial charge on any atom is 0.321 e. The number of aldehydes is 1. The summed E-state index contributed by atoms with van der Waals surface area (Å²) in [5.74, 6) is 0. The van der Waals surface area contributed by atoms with Crippen molar-refractivity contribution in [1.82, 2.24) is 4.90 Å². The van der Waals surface area contributed by atoms with Gasteiger partial charge in [-0.1, -0.05) is 12.1 Å². The number of carbonyl (C=O) groups excluding carboxylic acids is 2. The molecule has 1 aliphatic rings. The molecule has 4 nitrogen and oxygen atoms in total. The van der Waals surface area contributed by atoms with E-state index in [0.29, 0.717) is 11.3 Å². The molecule has 2 amide bonds. The molecule has 0 atom stereocenters. The number of nitrogens with one attached hydrogen (secondary N) is 1. The molecule has 1 saturated heterocycles. The molecule has 4 heteroatoms. The van der Waals surface area contributed by atoms with Gasteiger partial charge in [-0.3, -0.25) is 4.79 Å². The number of nitrogens with zero attached hydrogens (tertiary/aromatic N) is 1. The highest BCUT2D eigenvalue weighted by Crippen LogP contribution is 2.19. The van der Waals surface area contributed by atoms with Gasteiger partial charge in [0, 0.05) is 24.3 Å². The first kappa shape index (κ1) is 11.6. The Morgan fingerprint density at radius 2 is 2.06 bits per heavy atom. The van der Waals surface area contributed by atoms with Crippen LogP contribution in [0.2, 0.25) is 0 Å². The van der Waals surface area contributed by atoms with Crippen molar-refractivity contribution in [3.8, 4) is 0 Å². The molecule has 0 saturated carbocycles.